The Labute approximate surface area is 219 Å². The van der Waals surface area contributed by atoms with E-state index in [9.17, 15) is 4.79 Å². The maximum Gasteiger partial charge on any atom is 0.242 e. The van der Waals surface area contributed by atoms with Crippen molar-refractivity contribution >= 4 is 57.3 Å². The van der Waals surface area contributed by atoms with Gasteiger partial charge in [0.2, 0.25) is 5.91 Å². The van der Waals surface area contributed by atoms with Gasteiger partial charge < -0.3 is 0 Å². The summed E-state index contributed by atoms with van der Waals surface area (Å²) in [6.45, 7) is 3.80. The van der Waals surface area contributed by atoms with Crippen LogP contribution in [0.5, 0.6) is 0 Å². The molecule has 5 rings (SSSR count). The summed E-state index contributed by atoms with van der Waals surface area (Å²) < 4.78 is 0. The highest BCUT2D eigenvalue weighted by molar-refractivity contribution is 6.42. The number of nitrogens with zero attached hydrogens (tertiary/aromatic N) is 3. The Morgan fingerprint density at radius 2 is 1.77 bits per heavy atom. The van der Waals surface area contributed by atoms with E-state index in [-0.39, 0.29) is 11.9 Å². The number of fused-ring (bicyclic) bond motifs is 1. The van der Waals surface area contributed by atoms with Crippen LogP contribution in [-0.2, 0) is 4.79 Å². The summed E-state index contributed by atoms with van der Waals surface area (Å²) in [5.74, 6) is -0.0863. The summed E-state index contributed by atoms with van der Waals surface area (Å²) >= 11 is 19.3. The largest absolute Gasteiger partial charge is 0.273 e. The molecular weight excluding hydrogens is 501 g/mol. The van der Waals surface area contributed by atoms with Crippen LogP contribution in [0.25, 0.3) is 22.0 Å². The summed E-state index contributed by atoms with van der Waals surface area (Å²) in [5.41, 5.74) is 6.16. The fourth-order valence-electron chi connectivity index (χ4n) is 4.69. The van der Waals surface area contributed by atoms with Crippen molar-refractivity contribution in [1.82, 2.24) is 9.99 Å². The Balaban J connectivity index is 1.75. The standard InChI is InChI=1S/C28H22Cl3N3O/c1-3-25(35)34-24(19-10-7-11-21(30)28(19)31)15-23(33-34)26-16(2)32-22-13-12-18(29)14-20(22)27(26)17-8-5-4-6-9-17/h4-14,24H,3,15H2,1-2H3. The first-order valence-corrected chi connectivity index (χ1v) is 12.5. The number of aromatic nitrogens is 1. The highest BCUT2D eigenvalue weighted by Gasteiger charge is 2.35. The molecule has 4 aromatic rings. The van der Waals surface area contributed by atoms with E-state index in [1.54, 1.807) is 11.1 Å². The monoisotopic (exact) mass is 521 g/mol. The van der Waals surface area contributed by atoms with Gasteiger partial charge in [-0.05, 0) is 42.3 Å². The van der Waals surface area contributed by atoms with Gasteiger partial charge in [-0.1, -0.05) is 84.2 Å². The maximum absolute atomic E-state index is 13.0. The molecule has 7 heteroatoms. The van der Waals surface area contributed by atoms with Crippen LogP contribution >= 0.6 is 34.8 Å². The number of carbonyl (C=O) groups excluding carboxylic acids is 1. The van der Waals surface area contributed by atoms with Gasteiger partial charge in [0.15, 0.2) is 0 Å². The van der Waals surface area contributed by atoms with Crippen LogP contribution in [0.1, 0.15) is 42.6 Å². The van der Waals surface area contributed by atoms with E-state index in [2.05, 4.69) is 12.1 Å². The van der Waals surface area contributed by atoms with Gasteiger partial charge >= 0.3 is 0 Å². The molecule has 1 aliphatic rings. The molecule has 0 radical (unpaired) electrons. The molecule has 176 valence electrons. The first-order chi connectivity index (χ1) is 16.9. The number of rotatable bonds is 4. The second-order valence-electron chi connectivity index (χ2n) is 8.48. The lowest BCUT2D eigenvalue weighted by Crippen LogP contribution is -2.26. The molecule has 1 atom stereocenters. The Morgan fingerprint density at radius 1 is 1.00 bits per heavy atom. The minimum absolute atomic E-state index is 0.0863. The average Bonchev–Trinajstić information content (AvgIpc) is 3.30. The van der Waals surface area contributed by atoms with Crippen LogP contribution in [0.3, 0.4) is 0 Å². The topological polar surface area (TPSA) is 45.6 Å². The van der Waals surface area contributed by atoms with E-state index in [0.717, 1.165) is 44.6 Å². The lowest BCUT2D eigenvalue weighted by Gasteiger charge is -2.22. The third kappa shape index (κ3) is 4.31. The van der Waals surface area contributed by atoms with Gasteiger partial charge in [-0.3, -0.25) is 9.78 Å². The van der Waals surface area contributed by atoms with Crippen molar-refractivity contribution in [1.29, 1.82) is 0 Å². The van der Waals surface area contributed by atoms with E-state index in [1.165, 1.54) is 0 Å². The van der Waals surface area contributed by atoms with Crippen molar-refractivity contribution in [2.45, 2.75) is 32.7 Å². The van der Waals surface area contributed by atoms with Gasteiger partial charge in [-0.25, -0.2) is 5.01 Å². The van der Waals surface area contributed by atoms with E-state index in [4.69, 9.17) is 44.9 Å². The molecule has 4 nitrogen and oxygen atoms in total. The maximum atomic E-state index is 13.0. The molecular formula is C28H22Cl3N3O. The number of benzene rings is 3. The highest BCUT2D eigenvalue weighted by Crippen LogP contribution is 2.42. The van der Waals surface area contributed by atoms with Gasteiger partial charge in [0.1, 0.15) is 0 Å². The number of hydrazone groups is 1. The van der Waals surface area contributed by atoms with Crippen molar-refractivity contribution in [3.63, 3.8) is 0 Å². The summed E-state index contributed by atoms with van der Waals surface area (Å²) in [6.07, 6.45) is 0.807. The zero-order valence-corrected chi connectivity index (χ0v) is 21.5. The molecule has 0 saturated carbocycles. The van der Waals surface area contributed by atoms with Crippen LogP contribution in [0, 0.1) is 6.92 Å². The Bertz CT molecular complexity index is 1480. The lowest BCUT2D eigenvalue weighted by molar-refractivity contribution is -0.132. The molecule has 1 aromatic heterocycles. The SMILES string of the molecule is CCC(=O)N1N=C(c2c(C)nc3ccc(Cl)cc3c2-c2ccccc2)CC1c1cccc(Cl)c1Cl. The molecule has 3 aromatic carbocycles. The van der Waals surface area contributed by atoms with E-state index in [0.29, 0.717) is 27.9 Å². The molecule has 2 heterocycles. The lowest BCUT2D eigenvalue weighted by atomic mass is 9.89. The average molecular weight is 523 g/mol. The van der Waals surface area contributed by atoms with Gasteiger partial charge in [-0.2, -0.15) is 5.10 Å². The third-order valence-electron chi connectivity index (χ3n) is 6.29. The summed E-state index contributed by atoms with van der Waals surface area (Å²) in [4.78, 5) is 17.9. The Morgan fingerprint density at radius 3 is 2.51 bits per heavy atom. The Kier molecular flexibility index (Phi) is 6.54. The predicted octanol–water partition coefficient (Wildman–Crippen LogP) is 8.26. The van der Waals surface area contributed by atoms with Crippen molar-refractivity contribution in [2.75, 3.05) is 0 Å². The highest BCUT2D eigenvalue weighted by atomic mass is 35.5. The summed E-state index contributed by atoms with van der Waals surface area (Å²) in [6, 6.07) is 21.0. The number of amides is 1. The van der Waals surface area contributed by atoms with Crippen LogP contribution < -0.4 is 0 Å². The zero-order valence-electron chi connectivity index (χ0n) is 19.2. The van der Waals surface area contributed by atoms with Crippen molar-refractivity contribution in [2.24, 2.45) is 5.10 Å². The zero-order chi connectivity index (χ0) is 24.7. The molecule has 0 aliphatic carbocycles. The van der Waals surface area contributed by atoms with Crippen LogP contribution in [0.4, 0.5) is 0 Å². The van der Waals surface area contributed by atoms with Crippen LogP contribution in [-0.4, -0.2) is 21.6 Å². The number of carbonyl (C=O) groups is 1. The second-order valence-corrected chi connectivity index (χ2v) is 9.70. The Hall–Kier alpha value is -2.92. The molecule has 35 heavy (non-hydrogen) atoms. The van der Waals surface area contributed by atoms with Gasteiger partial charge in [0.05, 0.1) is 27.3 Å². The van der Waals surface area contributed by atoms with E-state index in [1.807, 2.05) is 62.4 Å². The second kappa shape index (κ2) is 9.62. The number of pyridine rings is 1. The minimum Gasteiger partial charge on any atom is -0.273 e. The predicted molar refractivity (Wildman–Crippen MR) is 144 cm³/mol. The van der Waals surface area contributed by atoms with Crippen LogP contribution in [0.15, 0.2) is 71.8 Å². The fraction of sp³-hybridized carbons (Fsp3) is 0.179. The van der Waals surface area contributed by atoms with Crippen molar-refractivity contribution in [3.8, 4) is 11.1 Å². The van der Waals surface area contributed by atoms with Gasteiger partial charge in [0.25, 0.3) is 0 Å². The number of hydrogen-bond donors (Lipinski definition) is 0. The van der Waals surface area contributed by atoms with E-state index < -0.39 is 0 Å². The quantitative estimate of drug-likeness (QED) is 0.271. The fourth-order valence-corrected chi connectivity index (χ4v) is 5.30. The molecule has 0 bridgehead atoms. The smallest absolute Gasteiger partial charge is 0.242 e. The summed E-state index contributed by atoms with van der Waals surface area (Å²) in [5, 5.41) is 8.86. The van der Waals surface area contributed by atoms with Crippen LogP contribution in [0.2, 0.25) is 15.1 Å². The normalized spacial score (nSPS) is 15.5. The number of aryl methyl sites for hydroxylation is 1. The molecule has 0 N–H and O–H groups in total. The number of hydrogen-bond acceptors (Lipinski definition) is 3. The van der Waals surface area contributed by atoms with Crippen molar-refractivity contribution < 1.29 is 4.79 Å². The molecule has 1 amide bonds. The van der Waals surface area contributed by atoms with Gasteiger partial charge in [-0.15, -0.1) is 0 Å². The molecule has 1 aliphatic heterocycles. The molecule has 0 saturated heterocycles. The number of halogens is 3. The van der Waals surface area contributed by atoms with Gasteiger partial charge in [0, 0.05) is 40.1 Å². The molecule has 1 unspecified atom stereocenters. The molecule has 0 spiro atoms. The first-order valence-electron chi connectivity index (χ1n) is 11.4. The van der Waals surface area contributed by atoms with E-state index >= 15 is 0 Å². The molecule has 0 fully saturated rings. The third-order valence-corrected chi connectivity index (χ3v) is 7.36. The van der Waals surface area contributed by atoms with Crippen molar-refractivity contribution in [3.05, 3.63) is 98.6 Å². The minimum atomic E-state index is -0.360. The summed E-state index contributed by atoms with van der Waals surface area (Å²) in [7, 11) is 0. The first kappa shape index (κ1) is 23.8.